The summed E-state index contributed by atoms with van der Waals surface area (Å²) in [4.78, 5) is 14.7. The Kier molecular flexibility index (Phi) is 4.40. The van der Waals surface area contributed by atoms with Crippen LogP contribution in [0.25, 0.3) is 0 Å². The number of fused-ring (bicyclic) bond motifs is 2. The monoisotopic (exact) mass is 351 g/mol. The second-order valence-corrected chi connectivity index (χ2v) is 7.66. The number of aliphatic hydroxyl groups excluding tert-OH is 1. The van der Waals surface area contributed by atoms with Crippen molar-refractivity contribution >= 4 is 5.91 Å². The Balaban J connectivity index is 1.37. The summed E-state index contributed by atoms with van der Waals surface area (Å²) in [5.41, 5.74) is 0. The molecule has 1 aromatic rings. The van der Waals surface area contributed by atoms with Gasteiger partial charge in [0.05, 0.1) is 6.54 Å². The molecule has 1 saturated heterocycles. The molecule has 1 heterocycles. The van der Waals surface area contributed by atoms with E-state index < -0.39 is 11.6 Å². The zero-order chi connectivity index (χ0) is 17.6. The van der Waals surface area contributed by atoms with E-state index in [1.807, 2.05) is 0 Å². The summed E-state index contributed by atoms with van der Waals surface area (Å²) in [7, 11) is 0. The van der Waals surface area contributed by atoms with E-state index in [1.165, 1.54) is 0 Å². The number of aliphatic hydroxyl groups is 1. The SMILES string of the molecule is O=C([C@H]1CC(CO)C2CC1C2)N1CC[C@@H](Oc2cc(F)ccc2F)C1. The average Bonchev–Trinajstić information content (AvgIpc) is 3.04. The molecule has 1 aromatic carbocycles. The van der Waals surface area contributed by atoms with Gasteiger partial charge >= 0.3 is 0 Å². The van der Waals surface area contributed by atoms with Crippen molar-refractivity contribution < 1.29 is 23.4 Å². The zero-order valence-corrected chi connectivity index (χ0v) is 14.0. The molecule has 5 rings (SSSR count). The molecule has 1 N–H and O–H groups in total. The van der Waals surface area contributed by atoms with E-state index in [4.69, 9.17) is 4.74 Å². The van der Waals surface area contributed by atoms with E-state index in [9.17, 15) is 18.7 Å². The quantitative estimate of drug-likeness (QED) is 0.907. The maximum atomic E-state index is 13.7. The van der Waals surface area contributed by atoms with Gasteiger partial charge in [0, 0.05) is 31.6 Å². The highest BCUT2D eigenvalue weighted by Gasteiger charge is 2.49. The predicted octanol–water partition coefficient (Wildman–Crippen LogP) is 2.60. The van der Waals surface area contributed by atoms with Crippen LogP contribution in [-0.4, -0.2) is 41.7 Å². The summed E-state index contributed by atoms with van der Waals surface area (Å²) in [5, 5.41) is 9.49. The first-order valence-electron chi connectivity index (χ1n) is 9.06. The molecule has 3 atom stereocenters. The van der Waals surface area contributed by atoms with Crippen molar-refractivity contribution in [2.24, 2.45) is 23.7 Å². The van der Waals surface area contributed by atoms with E-state index in [1.54, 1.807) is 4.90 Å². The Hall–Kier alpha value is -1.69. The Morgan fingerprint density at radius 1 is 1.24 bits per heavy atom. The minimum atomic E-state index is -0.593. The van der Waals surface area contributed by atoms with Gasteiger partial charge in [0.1, 0.15) is 11.9 Å². The van der Waals surface area contributed by atoms with Crippen LogP contribution in [0.1, 0.15) is 25.7 Å². The molecule has 2 bridgehead atoms. The minimum Gasteiger partial charge on any atom is -0.485 e. The van der Waals surface area contributed by atoms with Gasteiger partial charge in [-0.05, 0) is 49.1 Å². The largest absolute Gasteiger partial charge is 0.485 e. The molecule has 0 aromatic heterocycles. The molecule has 6 heteroatoms. The number of likely N-dealkylation sites (tertiary alicyclic amines) is 1. The molecule has 4 aliphatic rings. The number of amides is 1. The number of benzene rings is 1. The van der Waals surface area contributed by atoms with Crippen molar-refractivity contribution in [3.63, 3.8) is 0 Å². The molecular weight excluding hydrogens is 328 g/mol. The van der Waals surface area contributed by atoms with Crippen LogP contribution in [0.4, 0.5) is 8.78 Å². The van der Waals surface area contributed by atoms with Crippen LogP contribution < -0.4 is 4.74 Å². The van der Waals surface area contributed by atoms with Gasteiger partial charge in [0.15, 0.2) is 11.6 Å². The van der Waals surface area contributed by atoms with Crippen molar-refractivity contribution in [2.45, 2.75) is 31.8 Å². The first kappa shape index (κ1) is 16.8. The van der Waals surface area contributed by atoms with Crippen molar-refractivity contribution in [3.8, 4) is 5.75 Å². The smallest absolute Gasteiger partial charge is 0.226 e. The Bertz CT molecular complexity index is 662. The van der Waals surface area contributed by atoms with Gasteiger partial charge in [-0.2, -0.15) is 0 Å². The molecule has 4 nitrogen and oxygen atoms in total. The van der Waals surface area contributed by atoms with Crippen LogP contribution in [0.2, 0.25) is 0 Å². The third kappa shape index (κ3) is 3.12. The number of hydrogen-bond donors (Lipinski definition) is 1. The van der Waals surface area contributed by atoms with Gasteiger partial charge in [-0.1, -0.05) is 0 Å². The second kappa shape index (κ2) is 6.56. The molecule has 3 aliphatic carbocycles. The van der Waals surface area contributed by atoms with Gasteiger partial charge in [-0.25, -0.2) is 8.78 Å². The summed E-state index contributed by atoms with van der Waals surface area (Å²) in [5.74, 6) is 0.169. The number of halogens is 2. The van der Waals surface area contributed by atoms with Crippen molar-refractivity contribution in [2.75, 3.05) is 19.7 Å². The number of carbonyl (C=O) groups excluding carboxylic acids is 1. The van der Waals surface area contributed by atoms with Crippen LogP contribution >= 0.6 is 0 Å². The summed E-state index contributed by atoms with van der Waals surface area (Å²) in [6.45, 7) is 1.15. The van der Waals surface area contributed by atoms with Crippen LogP contribution in [0.15, 0.2) is 18.2 Å². The highest BCUT2D eigenvalue weighted by molar-refractivity contribution is 5.80. The Morgan fingerprint density at radius 3 is 2.80 bits per heavy atom. The number of nitrogens with zero attached hydrogens (tertiary/aromatic N) is 1. The molecule has 3 saturated carbocycles. The van der Waals surface area contributed by atoms with E-state index in [-0.39, 0.29) is 36.2 Å². The third-order valence-corrected chi connectivity index (χ3v) is 6.20. The standard InChI is InChI=1S/C19H23F2NO3/c20-14-1-2-17(21)18(8-14)25-15-3-4-22(9-15)19(24)16-7-13(10-23)11-5-12(16)6-11/h1-2,8,11-13,15-16,23H,3-7,9-10H2/t11?,12?,13?,15-,16+/m1/s1. The molecular formula is C19H23F2NO3. The number of rotatable bonds is 4. The van der Waals surface area contributed by atoms with Gasteiger partial charge < -0.3 is 14.7 Å². The lowest BCUT2D eigenvalue weighted by atomic mass is 9.55. The zero-order valence-electron chi connectivity index (χ0n) is 14.0. The highest BCUT2D eigenvalue weighted by Crippen LogP contribution is 2.52. The fourth-order valence-electron chi connectivity index (χ4n) is 4.67. The average molecular weight is 351 g/mol. The molecule has 1 amide bonds. The molecule has 1 aliphatic heterocycles. The van der Waals surface area contributed by atoms with Gasteiger partial charge in [0.2, 0.25) is 5.91 Å². The summed E-state index contributed by atoms with van der Waals surface area (Å²) >= 11 is 0. The lowest BCUT2D eigenvalue weighted by Gasteiger charge is -2.51. The number of ether oxygens (including phenoxy) is 1. The normalized spacial score (nSPS) is 33.9. The van der Waals surface area contributed by atoms with E-state index >= 15 is 0 Å². The topological polar surface area (TPSA) is 49.8 Å². The first-order chi connectivity index (χ1) is 12.0. The number of hydrogen-bond acceptors (Lipinski definition) is 3. The first-order valence-corrected chi connectivity index (χ1v) is 9.06. The summed E-state index contributed by atoms with van der Waals surface area (Å²) in [6.07, 6.45) is 3.16. The maximum absolute atomic E-state index is 13.7. The van der Waals surface area contributed by atoms with Gasteiger partial charge in [-0.15, -0.1) is 0 Å². The van der Waals surface area contributed by atoms with Crippen LogP contribution in [0, 0.1) is 35.3 Å². The van der Waals surface area contributed by atoms with E-state index in [0.717, 1.165) is 37.5 Å². The fraction of sp³-hybridized carbons (Fsp3) is 0.632. The molecule has 0 spiro atoms. The highest BCUT2D eigenvalue weighted by atomic mass is 19.1. The van der Waals surface area contributed by atoms with Crippen LogP contribution in [0.3, 0.4) is 0 Å². The van der Waals surface area contributed by atoms with Crippen LogP contribution in [-0.2, 0) is 4.79 Å². The number of carbonyl (C=O) groups is 1. The molecule has 1 unspecified atom stereocenters. The second-order valence-electron chi connectivity index (χ2n) is 7.66. The van der Waals surface area contributed by atoms with Crippen molar-refractivity contribution in [3.05, 3.63) is 29.8 Å². The minimum absolute atomic E-state index is 0.00759. The fourth-order valence-corrected chi connectivity index (χ4v) is 4.67. The van der Waals surface area contributed by atoms with Crippen LogP contribution in [0.5, 0.6) is 5.75 Å². The molecule has 0 radical (unpaired) electrons. The summed E-state index contributed by atoms with van der Waals surface area (Å²) in [6, 6.07) is 3.15. The lowest BCUT2D eigenvalue weighted by Crippen LogP contribution is -2.50. The Morgan fingerprint density at radius 2 is 2.04 bits per heavy atom. The van der Waals surface area contributed by atoms with E-state index in [2.05, 4.69) is 0 Å². The Labute approximate surface area is 145 Å². The third-order valence-electron chi connectivity index (χ3n) is 6.20. The van der Waals surface area contributed by atoms with Crippen molar-refractivity contribution in [1.82, 2.24) is 4.90 Å². The van der Waals surface area contributed by atoms with Crippen molar-refractivity contribution in [1.29, 1.82) is 0 Å². The molecule has 25 heavy (non-hydrogen) atoms. The molecule has 4 fully saturated rings. The van der Waals surface area contributed by atoms with Gasteiger partial charge in [0.25, 0.3) is 0 Å². The predicted molar refractivity (Wildman–Crippen MR) is 86.9 cm³/mol. The van der Waals surface area contributed by atoms with Gasteiger partial charge in [-0.3, -0.25) is 4.79 Å². The summed E-state index contributed by atoms with van der Waals surface area (Å²) < 4.78 is 32.6. The maximum Gasteiger partial charge on any atom is 0.226 e. The molecule has 136 valence electrons. The lowest BCUT2D eigenvalue weighted by molar-refractivity contribution is -0.145. The van der Waals surface area contributed by atoms with E-state index in [0.29, 0.717) is 31.3 Å².